The number of hydrogen-bond acceptors (Lipinski definition) is 5. The van der Waals surface area contributed by atoms with Crippen LogP contribution in [0.25, 0.3) is 0 Å². The Hall–Kier alpha value is -2.28. The minimum atomic E-state index is -0.475. The van der Waals surface area contributed by atoms with Crippen LogP contribution in [0.2, 0.25) is 0 Å². The number of thioether (sulfide) groups is 1. The van der Waals surface area contributed by atoms with E-state index in [-0.39, 0.29) is 11.1 Å². The molecule has 0 fully saturated rings. The van der Waals surface area contributed by atoms with Crippen LogP contribution in [0.5, 0.6) is 5.75 Å². The van der Waals surface area contributed by atoms with Gasteiger partial charge in [-0.3, -0.25) is 14.2 Å². The Morgan fingerprint density at radius 1 is 1.45 bits per heavy atom. The van der Waals surface area contributed by atoms with Crippen LogP contribution < -0.4 is 15.6 Å². The summed E-state index contributed by atoms with van der Waals surface area (Å²) in [5.41, 5.74) is 1.16. The smallest absolute Gasteiger partial charge is 0.267 e. The molecule has 1 aliphatic rings. The zero-order valence-corrected chi connectivity index (χ0v) is 13.1. The first-order valence-electron chi connectivity index (χ1n) is 6.79. The number of benzene rings is 1. The second kappa shape index (κ2) is 5.84. The third-order valence-corrected chi connectivity index (χ3v) is 4.46. The van der Waals surface area contributed by atoms with Crippen molar-refractivity contribution in [1.29, 1.82) is 0 Å². The normalized spacial score (nSPS) is 12.8. The number of nitrogens with zero attached hydrogens (tertiary/aromatic N) is 2. The molecule has 0 unspecified atom stereocenters. The van der Waals surface area contributed by atoms with Gasteiger partial charge < -0.3 is 10.1 Å². The summed E-state index contributed by atoms with van der Waals surface area (Å²) in [6, 6.07) is 5.46. The van der Waals surface area contributed by atoms with Crippen LogP contribution in [0.4, 0.5) is 5.69 Å². The summed E-state index contributed by atoms with van der Waals surface area (Å²) in [7, 11) is 1.54. The van der Waals surface area contributed by atoms with Gasteiger partial charge in [0.25, 0.3) is 11.5 Å². The standard InChI is InChI=1S/C15H15N3O3S/c1-9-4-3-5-11(21-2)12(9)17-13(19)10-8-16-15-18(14(10)20)6-7-22-15/h3-5,8H,6-7H2,1-2H3,(H,17,19). The van der Waals surface area contributed by atoms with Crippen LogP contribution >= 0.6 is 11.8 Å². The molecule has 22 heavy (non-hydrogen) atoms. The zero-order chi connectivity index (χ0) is 15.7. The van der Waals surface area contributed by atoms with Crippen LogP contribution in [0.1, 0.15) is 15.9 Å². The highest BCUT2D eigenvalue weighted by molar-refractivity contribution is 7.99. The summed E-state index contributed by atoms with van der Waals surface area (Å²) < 4.78 is 6.79. The van der Waals surface area contributed by atoms with E-state index in [0.717, 1.165) is 11.3 Å². The predicted molar refractivity (Wildman–Crippen MR) is 84.9 cm³/mol. The summed E-state index contributed by atoms with van der Waals surface area (Å²) in [5, 5.41) is 3.42. The SMILES string of the molecule is COc1cccc(C)c1NC(=O)c1cnc2n(c1=O)CCS2. The van der Waals surface area contributed by atoms with Crippen LogP contribution in [0.3, 0.4) is 0 Å². The number of methoxy groups -OCH3 is 1. The van der Waals surface area contributed by atoms with Crippen LogP contribution in [0.15, 0.2) is 34.3 Å². The average molecular weight is 317 g/mol. The lowest BCUT2D eigenvalue weighted by atomic mass is 10.1. The molecule has 0 saturated carbocycles. The van der Waals surface area contributed by atoms with Crippen molar-refractivity contribution < 1.29 is 9.53 Å². The van der Waals surface area contributed by atoms with Crippen molar-refractivity contribution in [3.63, 3.8) is 0 Å². The van der Waals surface area contributed by atoms with Crippen LogP contribution in [-0.4, -0.2) is 28.3 Å². The largest absolute Gasteiger partial charge is 0.495 e. The lowest BCUT2D eigenvalue weighted by Gasteiger charge is -2.13. The van der Waals surface area contributed by atoms with Crippen molar-refractivity contribution >= 4 is 23.4 Å². The maximum atomic E-state index is 12.4. The second-order valence-corrected chi connectivity index (χ2v) is 5.93. The van der Waals surface area contributed by atoms with Gasteiger partial charge in [-0.15, -0.1) is 0 Å². The third-order valence-electron chi connectivity index (χ3n) is 3.49. The highest BCUT2D eigenvalue weighted by Gasteiger charge is 2.21. The van der Waals surface area contributed by atoms with Gasteiger partial charge in [0.1, 0.15) is 11.3 Å². The maximum absolute atomic E-state index is 12.4. The first kappa shape index (κ1) is 14.6. The van der Waals surface area contributed by atoms with E-state index in [1.807, 2.05) is 19.1 Å². The van der Waals surface area contributed by atoms with E-state index in [2.05, 4.69) is 10.3 Å². The Morgan fingerprint density at radius 3 is 3.05 bits per heavy atom. The molecule has 2 heterocycles. The van der Waals surface area contributed by atoms with Gasteiger partial charge in [-0.1, -0.05) is 23.9 Å². The van der Waals surface area contributed by atoms with Crippen molar-refractivity contribution in [3.8, 4) is 5.75 Å². The molecule has 0 atom stereocenters. The first-order chi connectivity index (χ1) is 10.6. The number of amides is 1. The number of hydrogen-bond donors (Lipinski definition) is 1. The molecular formula is C15H15N3O3S. The van der Waals surface area contributed by atoms with Crippen molar-refractivity contribution in [2.24, 2.45) is 0 Å². The van der Waals surface area contributed by atoms with Gasteiger partial charge in [0.05, 0.1) is 12.8 Å². The van der Waals surface area contributed by atoms with E-state index in [9.17, 15) is 9.59 Å². The lowest BCUT2D eigenvalue weighted by molar-refractivity contribution is 0.102. The molecular weight excluding hydrogens is 302 g/mol. The number of para-hydroxylation sites is 1. The quantitative estimate of drug-likeness (QED) is 0.876. The molecule has 0 bridgehead atoms. The molecule has 2 aromatic rings. The number of nitrogens with one attached hydrogen (secondary N) is 1. The Labute approximate surface area is 131 Å². The number of aryl methyl sites for hydroxylation is 1. The van der Waals surface area contributed by atoms with Gasteiger partial charge in [0.15, 0.2) is 5.16 Å². The molecule has 0 spiro atoms. The number of aromatic nitrogens is 2. The summed E-state index contributed by atoms with van der Waals surface area (Å²) >= 11 is 1.52. The molecule has 1 aromatic carbocycles. The molecule has 0 radical (unpaired) electrons. The second-order valence-electron chi connectivity index (χ2n) is 4.87. The third kappa shape index (κ3) is 2.48. The number of ether oxygens (including phenoxy) is 1. The Balaban J connectivity index is 1.95. The summed E-state index contributed by atoms with van der Waals surface area (Å²) in [6.45, 7) is 2.45. The molecule has 1 amide bonds. The summed E-state index contributed by atoms with van der Waals surface area (Å²) in [5.74, 6) is 0.884. The van der Waals surface area contributed by atoms with E-state index in [1.165, 1.54) is 29.6 Å². The average Bonchev–Trinajstić information content (AvgIpc) is 2.99. The maximum Gasteiger partial charge on any atom is 0.267 e. The van der Waals surface area contributed by atoms with E-state index >= 15 is 0 Å². The molecule has 0 saturated heterocycles. The molecule has 1 aliphatic heterocycles. The number of carbonyl (C=O) groups excluding carboxylic acids is 1. The van der Waals surface area contributed by atoms with Crippen molar-refractivity contribution in [2.75, 3.05) is 18.2 Å². The topological polar surface area (TPSA) is 73.2 Å². The van der Waals surface area contributed by atoms with Gasteiger partial charge in [0, 0.05) is 18.5 Å². The van der Waals surface area contributed by atoms with E-state index in [4.69, 9.17) is 4.74 Å². The van der Waals surface area contributed by atoms with Gasteiger partial charge >= 0.3 is 0 Å². The fraction of sp³-hybridized carbons (Fsp3) is 0.267. The number of carbonyl (C=O) groups is 1. The summed E-state index contributed by atoms with van der Waals surface area (Å²) in [4.78, 5) is 29.0. The molecule has 114 valence electrons. The number of rotatable bonds is 3. The fourth-order valence-electron chi connectivity index (χ4n) is 2.33. The van der Waals surface area contributed by atoms with Gasteiger partial charge in [-0.05, 0) is 18.6 Å². The van der Waals surface area contributed by atoms with Crippen LogP contribution in [-0.2, 0) is 6.54 Å². The van der Waals surface area contributed by atoms with Crippen molar-refractivity contribution in [1.82, 2.24) is 9.55 Å². The van der Waals surface area contributed by atoms with E-state index in [0.29, 0.717) is 23.1 Å². The number of fused-ring (bicyclic) bond motifs is 1. The first-order valence-corrected chi connectivity index (χ1v) is 7.78. The summed E-state index contributed by atoms with van der Waals surface area (Å²) in [6.07, 6.45) is 1.34. The molecule has 6 nitrogen and oxygen atoms in total. The van der Waals surface area contributed by atoms with Gasteiger partial charge in [0.2, 0.25) is 0 Å². The molecule has 1 aromatic heterocycles. The Morgan fingerprint density at radius 2 is 2.27 bits per heavy atom. The molecule has 1 N–H and O–H groups in total. The minimum Gasteiger partial charge on any atom is -0.495 e. The Kier molecular flexibility index (Phi) is 3.89. The Bertz CT molecular complexity index is 801. The molecule has 3 rings (SSSR count). The van der Waals surface area contributed by atoms with E-state index in [1.54, 1.807) is 6.07 Å². The van der Waals surface area contributed by atoms with Crippen molar-refractivity contribution in [2.45, 2.75) is 18.6 Å². The lowest BCUT2D eigenvalue weighted by Crippen LogP contribution is -2.29. The fourth-order valence-corrected chi connectivity index (χ4v) is 3.24. The predicted octanol–water partition coefficient (Wildman–Crippen LogP) is 1.92. The van der Waals surface area contributed by atoms with Crippen molar-refractivity contribution in [3.05, 3.63) is 45.9 Å². The highest BCUT2D eigenvalue weighted by Crippen LogP contribution is 2.28. The highest BCUT2D eigenvalue weighted by atomic mass is 32.2. The minimum absolute atomic E-state index is 0.0385. The number of anilines is 1. The zero-order valence-electron chi connectivity index (χ0n) is 12.3. The molecule has 0 aliphatic carbocycles. The van der Waals surface area contributed by atoms with E-state index < -0.39 is 5.91 Å². The van der Waals surface area contributed by atoms with Gasteiger partial charge in [-0.2, -0.15) is 0 Å². The monoisotopic (exact) mass is 317 g/mol. The molecule has 7 heteroatoms. The van der Waals surface area contributed by atoms with Gasteiger partial charge in [-0.25, -0.2) is 4.98 Å². The van der Waals surface area contributed by atoms with Crippen LogP contribution in [0, 0.1) is 6.92 Å².